The molecule has 0 radical (unpaired) electrons. The van der Waals surface area contributed by atoms with E-state index in [0.717, 1.165) is 44.8 Å². The van der Waals surface area contributed by atoms with E-state index in [9.17, 15) is 9.00 Å². The van der Waals surface area contributed by atoms with Gasteiger partial charge in [0.2, 0.25) is 11.8 Å². The van der Waals surface area contributed by atoms with Gasteiger partial charge in [-0.3, -0.25) is 13.9 Å². The maximum absolute atomic E-state index is 12.4. The van der Waals surface area contributed by atoms with Gasteiger partial charge in [0.15, 0.2) is 0 Å². The lowest BCUT2D eigenvalue weighted by Gasteiger charge is -2.33. The molecule has 1 fully saturated rings. The van der Waals surface area contributed by atoms with E-state index in [-0.39, 0.29) is 17.4 Å². The first-order valence-electron chi connectivity index (χ1n) is 10.2. The topological polar surface area (TPSA) is 78.7 Å². The number of oxazole rings is 1. The van der Waals surface area contributed by atoms with Crippen LogP contribution in [-0.4, -0.2) is 76.5 Å². The fraction of sp³-hybridized carbons (Fsp3) is 0.524. The van der Waals surface area contributed by atoms with Crippen molar-refractivity contribution in [1.82, 2.24) is 20.1 Å². The second-order valence-corrected chi connectivity index (χ2v) is 9.28. The first-order chi connectivity index (χ1) is 14.4. The van der Waals surface area contributed by atoms with Crippen molar-refractivity contribution in [3.63, 3.8) is 0 Å². The van der Waals surface area contributed by atoms with Crippen LogP contribution in [0, 0.1) is 6.92 Å². The van der Waals surface area contributed by atoms with E-state index in [4.69, 9.17) is 16.0 Å². The number of hydrogen-bond donors (Lipinski definition) is 1. The molecular weight excluding hydrogens is 424 g/mol. The molecule has 0 bridgehead atoms. The smallest absolute Gasteiger partial charge is 0.232 e. The van der Waals surface area contributed by atoms with Crippen molar-refractivity contribution in [2.75, 3.05) is 51.6 Å². The van der Waals surface area contributed by atoms with Gasteiger partial charge in [0.05, 0.1) is 11.4 Å². The van der Waals surface area contributed by atoms with E-state index in [2.05, 4.69) is 27.0 Å². The predicted molar refractivity (Wildman–Crippen MR) is 120 cm³/mol. The maximum atomic E-state index is 12.4. The molecule has 0 spiro atoms. The number of benzene rings is 1. The molecule has 2 aromatic rings. The Bertz CT molecular complexity index is 864. The molecule has 7 nitrogen and oxygen atoms in total. The van der Waals surface area contributed by atoms with Crippen molar-refractivity contribution in [2.45, 2.75) is 19.6 Å². The number of nitrogens with one attached hydrogen (secondary N) is 1. The zero-order chi connectivity index (χ0) is 21.5. The highest BCUT2D eigenvalue weighted by Gasteiger charge is 2.17. The van der Waals surface area contributed by atoms with Gasteiger partial charge in [0.1, 0.15) is 11.5 Å². The third-order valence-corrected chi connectivity index (χ3v) is 6.67. The van der Waals surface area contributed by atoms with Crippen LogP contribution >= 0.6 is 11.6 Å². The van der Waals surface area contributed by atoms with Crippen LogP contribution in [0.15, 0.2) is 28.7 Å². The van der Waals surface area contributed by atoms with E-state index in [0.29, 0.717) is 28.9 Å². The zero-order valence-corrected chi connectivity index (χ0v) is 19.1. The van der Waals surface area contributed by atoms with E-state index >= 15 is 0 Å². The van der Waals surface area contributed by atoms with E-state index < -0.39 is 10.8 Å². The third kappa shape index (κ3) is 6.63. The summed E-state index contributed by atoms with van der Waals surface area (Å²) in [5.41, 5.74) is 1.41. The molecule has 1 aromatic heterocycles. The van der Waals surface area contributed by atoms with Gasteiger partial charge in [0.25, 0.3) is 0 Å². The summed E-state index contributed by atoms with van der Waals surface area (Å²) < 4.78 is 18.1. The molecule has 1 aliphatic rings. The Morgan fingerprint density at radius 2 is 1.87 bits per heavy atom. The minimum absolute atomic E-state index is 0.0355. The number of carbonyl (C=O) groups is 1. The van der Waals surface area contributed by atoms with Crippen LogP contribution < -0.4 is 5.32 Å². The number of aromatic nitrogens is 1. The molecule has 0 aliphatic carbocycles. The molecule has 1 saturated heterocycles. The molecule has 0 unspecified atom stereocenters. The standard InChI is InChI=1S/C21H29ClN4O3S/c1-3-25-10-12-26(13-11-25)9-8-23-20(27)15-30(28)14-19-16(2)29-21(24-19)17-4-6-18(22)7-5-17/h4-7H,3,8-15H2,1-2H3,(H,23,27)/t30-/m1/s1. The van der Waals surface area contributed by atoms with Crippen LogP contribution in [0.25, 0.3) is 11.5 Å². The van der Waals surface area contributed by atoms with Gasteiger partial charge in [-0.15, -0.1) is 0 Å². The first-order valence-corrected chi connectivity index (χ1v) is 12.1. The third-order valence-electron chi connectivity index (χ3n) is 5.24. The summed E-state index contributed by atoms with van der Waals surface area (Å²) in [4.78, 5) is 21.4. The normalized spacial score (nSPS) is 16.5. The molecule has 3 rings (SSSR count). The van der Waals surface area contributed by atoms with Gasteiger partial charge in [-0.1, -0.05) is 18.5 Å². The quantitative estimate of drug-likeness (QED) is 0.629. The second-order valence-electron chi connectivity index (χ2n) is 7.38. The summed E-state index contributed by atoms with van der Waals surface area (Å²) in [5.74, 6) is 1.03. The SMILES string of the molecule is CCN1CCN(CCNC(=O)C[S@](=O)Cc2nc(-c3ccc(Cl)cc3)oc2C)CC1. The number of rotatable bonds is 9. The number of hydrogen-bond acceptors (Lipinski definition) is 6. The number of piperazine rings is 1. The fourth-order valence-corrected chi connectivity index (χ4v) is 4.56. The van der Waals surface area contributed by atoms with Crippen LogP contribution in [0.1, 0.15) is 18.4 Å². The monoisotopic (exact) mass is 452 g/mol. The van der Waals surface area contributed by atoms with Gasteiger partial charge in [0, 0.05) is 60.7 Å². The van der Waals surface area contributed by atoms with E-state index in [1.807, 2.05) is 12.1 Å². The summed E-state index contributed by atoms with van der Waals surface area (Å²) in [6.45, 7) is 10.6. The van der Waals surface area contributed by atoms with Gasteiger partial charge < -0.3 is 14.6 Å². The van der Waals surface area contributed by atoms with Gasteiger partial charge in [-0.25, -0.2) is 4.98 Å². The van der Waals surface area contributed by atoms with E-state index in [1.54, 1.807) is 19.1 Å². The molecule has 1 N–H and O–H groups in total. The Morgan fingerprint density at radius 1 is 1.20 bits per heavy atom. The highest BCUT2D eigenvalue weighted by atomic mass is 35.5. The Labute approximate surface area is 185 Å². The number of halogens is 1. The average Bonchev–Trinajstić information content (AvgIpc) is 3.09. The summed E-state index contributed by atoms with van der Waals surface area (Å²) in [6, 6.07) is 7.18. The Kier molecular flexibility index (Phi) is 8.44. The lowest BCUT2D eigenvalue weighted by molar-refractivity contribution is -0.118. The van der Waals surface area contributed by atoms with Crippen LogP contribution in [0.2, 0.25) is 5.02 Å². The molecule has 9 heteroatoms. The van der Waals surface area contributed by atoms with Crippen LogP contribution in [0.4, 0.5) is 0 Å². The van der Waals surface area contributed by atoms with E-state index in [1.165, 1.54) is 0 Å². The molecule has 2 heterocycles. The molecule has 0 saturated carbocycles. The molecule has 1 aromatic carbocycles. The van der Waals surface area contributed by atoms with Crippen molar-refractivity contribution in [3.8, 4) is 11.5 Å². The van der Waals surface area contributed by atoms with Crippen LogP contribution in [0.5, 0.6) is 0 Å². The minimum atomic E-state index is -1.35. The molecule has 164 valence electrons. The highest BCUT2D eigenvalue weighted by Crippen LogP contribution is 2.24. The van der Waals surface area contributed by atoms with Crippen molar-refractivity contribution >= 4 is 28.3 Å². The lowest BCUT2D eigenvalue weighted by atomic mass is 10.2. The first kappa shape index (κ1) is 22.9. The second kappa shape index (κ2) is 11.0. The molecule has 1 atom stereocenters. The van der Waals surface area contributed by atoms with Crippen LogP contribution in [-0.2, 0) is 21.3 Å². The summed E-state index contributed by atoms with van der Waals surface area (Å²) in [5, 5.41) is 3.52. The van der Waals surface area contributed by atoms with Crippen molar-refractivity contribution in [1.29, 1.82) is 0 Å². The molecule has 1 amide bonds. The Morgan fingerprint density at radius 3 is 2.53 bits per heavy atom. The minimum Gasteiger partial charge on any atom is -0.441 e. The van der Waals surface area contributed by atoms with Gasteiger partial charge >= 0.3 is 0 Å². The van der Waals surface area contributed by atoms with Crippen LogP contribution in [0.3, 0.4) is 0 Å². The molecule has 30 heavy (non-hydrogen) atoms. The Balaban J connectivity index is 1.42. The van der Waals surface area contributed by atoms with Crippen molar-refractivity contribution < 1.29 is 13.4 Å². The molecular formula is C21H29ClN4O3S. The Hall–Kier alpha value is -1.74. The number of amides is 1. The largest absolute Gasteiger partial charge is 0.441 e. The van der Waals surface area contributed by atoms with Crippen molar-refractivity contribution in [2.24, 2.45) is 0 Å². The van der Waals surface area contributed by atoms with Gasteiger partial charge in [-0.2, -0.15) is 0 Å². The lowest BCUT2D eigenvalue weighted by Crippen LogP contribution is -2.48. The summed E-state index contributed by atoms with van der Waals surface area (Å²) in [7, 11) is -1.35. The number of aryl methyl sites for hydroxylation is 1. The zero-order valence-electron chi connectivity index (χ0n) is 17.5. The van der Waals surface area contributed by atoms with Crippen molar-refractivity contribution in [3.05, 3.63) is 40.7 Å². The average molecular weight is 453 g/mol. The number of likely N-dealkylation sites (N-methyl/N-ethyl adjacent to an activating group) is 1. The number of carbonyl (C=O) groups excluding carboxylic acids is 1. The summed E-state index contributed by atoms with van der Waals surface area (Å²) >= 11 is 5.91. The number of nitrogens with zero attached hydrogens (tertiary/aromatic N) is 3. The fourth-order valence-electron chi connectivity index (χ4n) is 3.36. The predicted octanol–water partition coefficient (Wildman–Crippen LogP) is 2.31. The summed E-state index contributed by atoms with van der Waals surface area (Å²) in [6.07, 6.45) is 0. The highest BCUT2D eigenvalue weighted by molar-refractivity contribution is 7.84. The molecule has 1 aliphatic heterocycles. The van der Waals surface area contributed by atoms with Gasteiger partial charge in [-0.05, 0) is 37.7 Å². The maximum Gasteiger partial charge on any atom is 0.232 e.